The minimum atomic E-state index is 0.580. The number of allylic oxidation sites excluding steroid dienone is 4. The molecule has 2 heteroatoms. The number of halogens is 2. The van der Waals surface area contributed by atoms with E-state index in [1.54, 1.807) is 0 Å². The Morgan fingerprint density at radius 2 is 2.44 bits per heavy atom. The lowest BCUT2D eigenvalue weighted by Gasteiger charge is -2.10. The molecule has 0 fully saturated rings. The molecular formula is C7H8BrCl. The van der Waals surface area contributed by atoms with Gasteiger partial charge in [-0.15, -0.1) is 0 Å². The van der Waals surface area contributed by atoms with Crippen molar-refractivity contribution in [2.75, 3.05) is 0 Å². The Balaban J connectivity index is 2.74. The van der Waals surface area contributed by atoms with E-state index < -0.39 is 0 Å². The zero-order chi connectivity index (χ0) is 6.85. The average molecular weight is 207 g/mol. The fourth-order valence-corrected chi connectivity index (χ4v) is 2.12. The van der Waals surface area contributed by atoms with Gasteiger partial charge < -0.3 is 0 Å². The molecule has 1 atom stereocenters. The van der Waals surface area contributed by atoms with E-state index in [-0.39, 0.29) is 0 Å². The summed E-state index contributed by atoms with van der Waals surface area (Å²) in [7, 11) is 0. The van der Waals surface area contributed by atoms with Crippen LogP contribution in [0.25, 0.3) is 0 Å². The van der Waals surface area contributed by atoms with Gasteiger partial charge in [0.2, 0.25) is 0 Å². The Morgan fingerprint density at radius 1 is 1.78 bits per heavy atom. The minimum absolute atomic E-state index is 0.580. The highest BCUT2D eigenvalue weighted by molar-refractivity contribution is 9.11. The molecule has 1 aliphatic carbocycles. The molecule has 0 saturated carbocycles. The van der Waals surface area contributed by atoms with Gasteiger partial charge in [0.25, 0.3) is 0 Å². The normalized spacial score (nSPS) is 27.2. The van der Waals surface area contributed by atoms with E-state index in [0.29, 0.717) is 5.92 Å². The lowest BCUT2D eigenvalue weighted by atomic mass is 10.0. The third-order valence-electron chi connectivity index (χ3n) is 1.26. The van der Waals surface area contributed by atoms with Gasteiger partial charge in [-0.25, -0.2) is 0 Å². The molecule has 1 rings (SSSR count). The predicted octanol–water partition coefficient (Wildman–Crippen LogP) is 3.43. The molecule has 0 aromatic carbocycles. The zero-order valence-corrected chi connectivity index (χ0v) is 7.54. The molecule has 0 aromatic heterocycles. The molecule has 0 spiro atoms. The fourth-order valence-electron chi connectivity index (χ4n) is 0.895. The van der Waals surface area contributed by atoms with E-state index in [9.17, 15) is 0 Å². The first-order chi connectivity index (χ1) is 4.18. The molecular weight excluding hydrogens is 199 g/mol. The Hall–Kier alpha value is 0.250. The number of hydrogen-bond acceptors (Lipinski definition) is 0. The molecule has 0 N–H and O–H groups in total. The van der Waals surface area contributed by atoms with Crippen LogP contribution in [0.2, 0.25) is 0 Å². The van der Waals surface area contributed by atoms with E-state index in [4.69, 9.17) is 11.6 Å². The zero-order valence-electron chi connectivity index (χ0n) is 5.20. The largest absolute Gasteiger partial charge is 0.0891 e. The van der Waals surface area contributed by atoms with Crippen molar-refractivity contribution < 1.29 is 0 Å². The highest BCUT2D eigenvalue weighted by atomic mass is 79.9. The second-order valence-corrected chi connectivity index (χ2v) is 3.73. The minimum Gasteiger partial charge on any atom is -0.0891 e. The van der Waals surface area contributed by atoms with E-state index in [1.807, 2.05) is 6.08 Å². The molecule has 0 nitrogen and oxygen atoms in total. The molecule has 0 radical (unpaired) electrons. The van der Waals surface area contributed by atoms with Gasteiger partial charge in [-0.1, -0.05) is 40.5 Å². The molecule has 0 aliphatic heterocycles. The average Bonchev–Trinajstić information content (AvgIpc) is 1.59. The second-order valence-electron chi connectivity index (χ2n) is 2.32. The lowest BCUT2D eigenvalue weighted by molar-refractivity contribution is 0.727. The van der Waals surface area contributed by atoms with Crippen molar-refractivity contribution in [2.45, 2.75) is 13.3 Å². The Bertz CT molecular complexity index is 170. The topological polar surface area (TPSA) is 0 Å². The molecule has 1 aliphatic rings. The van der Waals surface area contributed by atoms with Gasteiger partial charge in [0.1, 0.15) is 0 Å². The molecule has 50 valence electrons. The number of hydrogen-bond donors (Lipinski definition) is 0. The first kappa shape index (κ1) is 7.36. The van der Waals surface area contributed by atoms with Crippen LogP contribution < -0.4 is 0 Å². The highest BCUT2D eigenvalue weighted by Crippen LogP contribution is 2.27. The van der Waals surface area contributed by atoms with Gasteiger partial charge in [0.05, 0.1) is 0 Å². The van der Waals surface area contributed by atoms with Crippen molar-refractivity contribution in [2.24, 2.45) is 5.92 Å². The quantitative estimate of drug-likeness (QED) is 0.571. The maximum atomic E-state index is 5.80. The van der Waals surface area contributed by atoms with E-state index in [1.165, 1.54) is 0 Å². The van der Waals surface area contributed by atoms with Gasteiger partial charge >= 0.3 is 0 Å². The molecule has 0 saturated heterocycles. The van der Waals surface area contributed by atoms with Crippen LogP contribution >= 0.6 is 27.5 Å². The third kappa shape index (κ3) is 2.15. The van der Waals surface area contributed by atoms with Crippen LogP contribution in [0, 0.1) is 5.92 Å². The van der Waals surface area contributed by atoms with Crippen LogP contribution in [0.4, 0.5) is 0 Å². The summed E-state index contributed by atoms with van der Waals surface area (Å²) < 4.78 is 1.10. The Labute approximate surface area is 68.7 Å². The SMILES string of the molecule is CC1C=C(Br)C=C(Cl)C1. The van der Waals surface area contributed by atoms with Crippen molar-refractivity contribution in [1.29, 1.82) is 0 Å². The van der Waals surface area contributed by atoms with Gasteiger partial charge in [0.15, 0.2) is 0 Å². The molecule has 0 heterocycles. The predicted molar refractivity (Wildman–Crippen MR) is 44.7 cm³/mol. The first-order valence-electron chi connectivity index (χ1n) is 2.92. The second kappa shape index (κ2) is 2.89. The summed E-state index contributed by atoms with van der Waals surface area (Å²) in [5.41, 5.74) is 0. The highest BCUT2D eigenvalue weighted by Gasteiger charge is 2.06. The van der Waals surface area contributed by atoms with Crippen molar-refractivity contribution in [3.05, 3.63) is 21.7 Å². The fraction of sp³-hybridized carbons (Fsp3) is 0.429. The number of rotatable bonds is 0. The summed E-state index contributed by atoms with van der Waals surface area (Å²) in [6.45, 7) is 2.15. The van der Waals surface area contributed by atoms with Crippen LogP contribution in [0.5, 0.6) is 0 Å². The van der Waals surface area contributed by atoms with E-state index in [2.05, 4.69) is 28.9 Å². The lowest BCUT2D eigenvalue weighted by Crippen LogP contribution is -1.94. The summed E-state index contributed by atoms with van der Waals surface area (Å²) in [5.74, 6) is 0.580. The summed E-state index contributed by atoms with van der Waals surface area (Å²) in [6, 6.07) is 0. The Morgan fingerprint density at radius 3 is 2.89 bits per heavy atom. The maximum Gasteiger partial charge on any atom is 0.0197 e. The van der Waals surface area contributed by atoms with Crippen molar-refractivity contribution in [3.8, 4) is 0 Å². The van der Waals surface area contributed by atoms with Crippen molar-refractivity contribution in [3.63, 3.8) is 0 Å². The van der Waals surface area contributed by atoms with Crippen LogP contribution in [-0.2, 0) is 0 Å². The summed E-state index contributed by atoms with van der Waals surface area (Å²) in [4.78, 5) is 0. The molecule has 1 unspecified atom stereocenters. The molecule has 0 bridgehead atoms. The molecule has 0 amide bonds. The first-order valence-corrected chi connectivity index (χ1v) is 4.09. The van der Waals surface area contributed by atoms with Crippen LogP contribution in [-0.4, -0.2) is 0 Å². The summed E-state index contributed by atoms with van der Waals surface area (Å²) in [5, 5.41) is 0.942. The smallest absolute Gasteiger partial charge is 0.0197 e. The van der Waals surface area contributed by atoms with Crippen molar-refractivity contribution >= 4 is 27.5 Å². The summed E-state index contributed by atoms with van der Waals surface area (Å²) in [6.07, 6.45) is 5.09. The van der Waals surface area contributed by atoms with Crippen molar-refractivity contribution in [1.82, 2.24) is 0 Å². The molecule has 9 heavy (non-hydrogen) atoms. The van der Waals surface area contributed by atoms with Gasteiger partial charge in [0, 0.05) is 9.51 Å². The summed E-state index contributed by atoms with van der Waals surface area (Å²) >= 11 is 9.17. The standard InChI is InChI=1S/C7H8BrCl/c1-5-2-6(8)4-7(9)3-5/h2,4-5H,3H2,1H3. The Kier molecular flexibility index (Phi) is 2.36. The monoisotopic (exact) mass is 206 g/mol. The van der Waals surface area contributed by atoms with Gasteiger partial charge in [-0.05, 0) is 18.4 Å². The van der Waals surface area contributed by atoms with Crippen LogP contribution in [0.3, 0.4) is 0 Å². The maximum absolute atomic E-state index is 5.80. The van der Waals surface area contributed by atoms with E-state index in [0.717, 1.165) is 15.9 Å². The van der Waals surface area contributed by atoms with Gasteiger partial charge in [-0.3, -0.25) is 0 Å². The molecule has 0 aromatic rings. The van der Waals surface area contributed by atoms with E-state index >= 15 is 0 Å². The van der Waals surface area contributed by atoms with Crippen LogP contribution in [0.1, 0.15) is 13.3 Å². The van der Waals surface area contributed by atoms with Crippen LogP contribution in [0.15, 0.2) is 21.7 Å². The third-order valence-corrected chi connectivity index (χ3v) is 2.01. The van der Waals surface area contributed by atoms with Gasteiger partial charge in [-0.2, -0.15) is 0 Å².